The van der Waals surface area contributed by atoms with Crippen molar-refractivity contribution in [1.29, 1.82) is 0 Å². The van der Waals surface area contributed by atoms with Crippen molar-refractivity contribution in [3.8, 4) is 11.1 Å². The minimum absolute atomic E-state index is 0.0254. The summed E-state index contributed by atoms with van der Waals surface area (Å²) in [6.45, 7) is 4.66. The zero-order valence-corrected chi connectivity index (χ0v) is 18.4. The van der Waals surface area contributed by atoms with E-state index in [1.165, 1.54) is 18.3 Å². The van der Waals surface area contributed by atoms with Gasteiger partial charge >= 0.3 is 0 Å². The van der Waals surface area contributed by atoms with Gasteiger partial charge in [-0.05, 0) is 43.9 Å². The van der Waals surface area contributed by atoms with E-state index >= 15 is 0 Å². The van der Waals surface area contributed by atoms with Gasteiger partial charge in [0.2, 0.25) is 11.8 Å². The lowest BCUT2D eigenvalue weighted by atomic mass is 9.83. The van der Waals surface area contributed by atoms with Gasteiger partial charge in [-0.25, -0.2) is 9.97 Å². The standard InChI is InChI=1S/C20H27N3O4S2/c1-12(21-13(2)24)9-25-16-7-14(8-16)10-26-18-4-3-17-19(23-18)29-20(22-17)27-15-5-6-28-11-15/h3-4,12,14-16H,5-11H2,1-2H3,(H,21,24)/t12-,14?,15?,16?/m0/s1. The van der Waals surface area contributed by atoms with Gasteiger partial charge in [0.1, 0.15) is 11.6 Å². The summed E-state index contributed by atoms with van der Waals surface area (Å²) < 4.78 is 17.7. The largest absolute Gasteiger partial charge is 0.477 e. The van der Waals surface area contributed by atoms with Crippen molar-refractivity contribution in [3.63, 3.8) is 0 Å². The van der Waals surface area contributed by atoms with E-state index in [4.69, 9.17) is 14.2 Å². The minimum Gasteiger partial charge on any atom is -0.477 e. The average molecular weight is 438 g/mol. The van der Waals surface area contributed by atoms with Gasteiger partial charge in [0, 0.05) is 24.8 Å². The molecule has 29 heavy (non-hydrogen) atoms. The molecule has 2 fully saturated rings. The van der Waals surface area contributed by atoms with E-state index in [1.807, 2.05) is 30.8 Å². The summed E-state index contributed by atoms with van der Waals surface area (Å²) in [7, 11) is 0. The number of hydrogen-bond donors (Lipinski definition) is 1. The van der Waals surface area contributed by atoms with Crippen LogP contribution in [0.4, 0.5) is 0 Å². The molecular weight excluding hydrogens is 410 g/mol. The van der Waals surface area contributed by atoms with Gasteiger partial charge in [-0.3, -0.25) is 4.79 Å². The fourth-order valence-corrected chi connectivity index (χ4v) is 5.42. The molecule has 1 amide bonds. The molecule has 1 N–H and O–H groups in total. The molecule has 0 radical (unpaired) electrons. The van der Waals surface area contributed by atoms with Crippen molar-refractivity contribution < 1.29 is 19.0 Å². The quantitative estimate of drug-likeness (QED) is 0.645. The third kappa shape index (κ3) is 5.73. The Morgan fingerprint density at radius 1 is 1.31 bits per heavy atom. The number of carbonyl (C=O) groups excluding carboxylic acids is 1. The molecule has 1 aliphatic carbocycles. The lowest BCUT2D eigenvalue weighted by Crippen LogP contribution is -2.40. The number of pyridine rings is 1. The molecule has 9 heteroatoms. The number of carbonyl (C=O) groups is 1. The first kappa shape index (κ1) is 20.7. The first-order chi connectivity index (χ1) is 14.0. The Morgan fingerprint density at radius 2 is 2.17 bits per heavy atom. The molecule has 2 aliphatic rings. The van der Waals surface area contributed by atoms with Crippen molar-refractivity contribution in [1.82, 2.24) is 15.3 Å². The molecule has 4 rings (SSSR count). The molecule has 3 heterocycles. The summed E-state index contributed by atoms with van der Waals surface area (Å²) in [5.41, 5.74) is 0.855. The number of nitrogens with one attached hydrogen (secondary N) is 1. The number of amides is 1. The van der Waals surface area contributed by atoms with Crippen LogP contribution < -0.4 is 14.8 Å². The maximum absolute atomic E-state index is 11.0. The number of hydrogen-bond acceptors (Lipinski definition) is 8. The highest BCUT2D eigenvalue weighted by molar-refractivity contribution is 7.99. The number of nitrogens with zero attached hydrogens (tertiary/aromatic N) is 2. The number of thioether (sulfide) groups is 1. The van der Waals surface area contributed by atoms with E-state index in [1.54, 1.807) is 0 Å². The Kier molecular flexibility index (Phi) is 6.77. The fourth-order valence-electron chi connectivity index (χ4n) is 3.48. The van der Waals surface area contributed by atoms with E-state index in [9.17, 15) is 4.79 Å². The summed E-state index contributed by atoms with van der Waals surface area (Å²) >= 11 is 3.41. The smallest absolute Gasteiger partial charge is 0.276 e. The molecule has 1 saturated heterocycles. The van der Waals surface area contributed by atoms with Crippen LogP contribution in [0.2, 0.25) is 0 Å². The Labute approximate surface area is 178 Å². The van der Waals surface area contributed by atoms with Crippen molar-refractivity contribution in [2.24, 2.45) is 5.92 Å². The van der Waals surface area contributed by atoms with Gasteiger partial charge in [-0.1, -0.05) is 11.3 Å². The predicted molar refractivity (Wildman–Crippen MR) is 115 cm³/mol. The van der Waals surface area contributed by atoms with Gasteiger partial charge in [-0.15, -0.1) is 0 Å². The minimum atomic E-state index is -0.0254. The highest BCUT2D eigenvalue weighted by atomic mass is 32.2. The van der Waals surface area contributed by atoms with Crippen LogP contribution in [0.25, 0.3) is 10.3 Å². The van der Waals surface area contributed by atoms with Crippen LogP contribution >= 0.6 is 23.1 Å². The first-order valence-electron chi connectivity index (χ1n) is 10.1. The third-order valence-corrected chi connectivity index (χ3v) is 7.04. The van der Waals surface area contributed by atoms with Gasteiger partial charge in [0.05, 0.1) is 19.3 Å². The first-order valence-corrected chi connectivity index (χ1v) is 12.1. The number of fused-ring (bicyclic) bond motifs is 1. The maximum atomic E-state index is 11.0. The Bertz CT molecular complexity index is 834. The van der Waals surface area contributed by atoms with Gasteiger partial charge in [0.25, 0.3) is 5.19 Å². The van der Waals surface area contributed by atoms with Crippen molar-refractivity contribution in [2.75, 3.05) is 24.7 Å². The van der Waals surface area contributed by atoms with Gasteiger partial charge in [0.15, 0.2) is 4.83 Å². The van der Waals surface area contributed by atoms with Crippen LogP contribution in [0.5, 0.6) is 11.1 Å². The summed E-state index contributed by atoms with van der Waals surface area (Å²) in [6.07, 6.45) is 3.57. The van der Waals surface area contributed by atoms with Crippen LogP contribution in [0.15, 0.2) is 12.1 Å². The Hall–Kier alpha value is -1.58. The van der Waals surface area contributed by atoms with Crippen LogP contribution in [0, 0.1) is 5.92 Å². The molecule has 1 aliphatic heterocycles. The molecule has 2 aromatic rings. The highest BCUT2D eigenvalue weighted by Gasteiger charge is 2.31. The number of rotatable bonds is 9. The Balaban J connectivity index is 1.20. The van der Waals surface area contributed by atoms with Crippen LogP contribution in [0.1, 0.15) is 33.1 Å². The summed E-state index contributed by atoms with van der Waals surface area (Å²) in [6, 6.07) is 3.86. The van der Waals surface area contributed by atoms with Crippen LogP contribution in [-0.2, 0) is 9.53 Å². The number of ether oxygens (including phenoxy) is 3. The number of thiazole rings is 1. The zero-order valence-electron chi connectivity index (χ0n) is 16.8. The normalized spacial score (nSPS) is 24.8. The van der Waals surface area contributed by atoms with E-state index in [0.29, 0.717) is 30.2 Å². The molecule has 7 nitrogen and oxygen atoms in total. The van der Waals surface area contributed by atoms with Crippen LogP contribution in [0.3, 0.4) is 0 Å². The lowest BCUT2D eigenvalue weighted by Gasteiger charge is -2.35. The summed E-state index contributed by atoms with van der Waals surface area (Å²) in [5.74, 6) is 3.28. The molecule has 0 aromatic carbocycles. The van der Waals surface area contributed by atoms with Crippen LogP contribution in [-0.4, -0.2) is 58.8 Å². The van der Waals surface area contributed by atoms with Crippen molar-refractivity contribution in [3.05, 3.63) is 12.1 Å². The van der Waals surface area contributed by atoms with Crippen molar-refractivity contribution >= 4 is 39.4 Å². The number of aromatic nitrogens is 2. The molecular formula is C20H27N3O4S2. The van der Waals surface area contributed by atoms with Gasteiger partial charge < -0.3 is 19.5 Å². The molecule has 1 saturated carbocycles. The fraction of sp³-hybridized carbons (Fsp3) is 0.650. The van der Waals surface area contributed by atoms with E-state index in [-0.39, 0.29) is 24.2 Å². The third-order valence-electron chi connectivity index (χ3n) is 5.06. The van der Waals surface area contributed by atoms with E-state index < -0.39 is 0 Å². The van der Waals surface area contributed by atoms with E-state index in [0.717, 1.165) is 41.1 Å². The molecule has 0 bridgehead atoms. The van der Waals surface area contributed by atoms with Gasteiger partial charge in [-0.2, -0.15) is 11.8 Å². The predicted octanol–water partition coefficient (Wildman–Crippen LogP) is 3.27. The molecule has 0 spiro atoms. The molecule has 2 aromatic heterocycles. The van der Waals surface area contributed by atoms with E-state index in [2.05, 4.69) is 15.3 Å². The monoisotopic (exact) mass is 437 g/mol. The zero-order chi connectivity index (χ0) is 20.2. The second kappa shape index (κ2) is 9.49. The molecule has 2 atom stereocenters. The average Bonchev–Trinajstić information content (AvgIpc) is 3.28. The highest BCUT2D eigenvalue weighted by Crippen LogP contribution is 2.33. The topological polar surface area (TPSA) is 82.6 Å². The second-order valence-electron chi connectivity index (χ2n) is 7.76. The van der Waals surface area contributed by atoms with Crippen molar-refractivity contribution in [2.45, 2.75) is 51.4 Å². The lowest BCUT2D eigenvalue weighted by molar-refractivity contribution is -0.120. The summed E-state index contributed by atoms with van der Waals surface area (Å²) in [5, 5.41) is 3.53. The second-order valence-corrected chi connectivity index (χ2v) is 9.85. The summed E-state index contributed by atoms with van der Waals surface area (Å²) in [4.78, 5) is 21.0. The molecule has 158 valence electrons. The Morgan fingerprint density at radius 3 is 2.93 bits per heavy atom. The maximum Gasteiger partial charge on any atom is 0.276 e. The SMILES string of the molecule is CC(=O)N[C@@H](C)COC1CC(COc2ccc3nc(OC4CCSC4)sc3n2)C1. The molecule has 1 unspecified atom stereocenters.